The number of halogens is 1. The second-order valence-corrected chi connectivity index (χ2v) is 6.15. The highest BCUT2D eigenvalue weighted by Gasteiger charge is 2.24. The van der Waals surface area contributed by atoms with Crippen LogP contribution in [0.15, 0.2) is 37.2 Å². The Morgan fingerprint density at radius 2 is 1.85 bits per heavy atom. The standard InChI is InChI=1S/C20H21FN2O3/c1-12(2)15-9-23(10-16(21)18(15)20(25)26-5)11-17(24)22-19-13(3)7-6-8-14(19)4/h6-10H,1,11H2,2-5H3/p+1. The Kier molecular flexibility index (Phi) is 5.87. The molecular weight excluding hydrogens is 335 g/mol. The largest absolute Gasteiger partial charge is 0.465 e. The van der Waals surface area contributed by atoms with E-state index >= 15 is 0 Å². The number of nitrogens with zero attached hydrogens (tertiary/aromatic N) is 1. The minimum atomic E-state index is -0.785. The molecular formula is C20H22FN2O3+. The van der Waals surface area contributed by atoms with Crippen LogP contribution in [0.1, 0.15) is 34.0 Å². The number of aryl methyl sites for hydroxylation is 2. The minimum absolute atomic E-state index is 0.105. The van der Waals surface area contributed by atoms with E-state index in [-0.39, 0.29) is 18.0 Å². The van der Waals surface area contributed by atoms with Gasteiger partial charge in [0.05, 0.1) is 12.7 Å². The first-order chi connectivity index (χ1) is 12.2. The Morgan fingerprint density at radius 3 is 2.38 bits per heavy atom. The number of pyridine rings is 1. The predicted molar refractivity (Wildman–Crippen MR) is 97.2 cm³/mol. The van der Waals surface area contributed by atoms with Crippen LogP contribution in [0.4, 0.5) is 10.1 Å². The van der Waals surface area contributed by atoms with E-state index in [1.54, 1.807) is 6.92 Å². The molecule has 0 aliphatic heterocycles. The van der Waals surface area contributed by atoms with E-state index in [9.17, 15) is 14.0 Å². The van der Waals surface area contributed by atoms with Crippen LogP contribution in [0.25, 0.3) is 5.57 Å². The Morgan fingerprint density at radius 1 is 1.23 bits per heavy atom. The maximum Gasteiger partial charge on any atom is 0.341 e. The topological polar surface area (TPSA) is 59.3 Å². The molecule has 0 fully saturated rings. The van der Waals surface area contributed by atoms with Crippen LogP contribution < -0.4 is 9.88 Å². The van der Waals surface area contributed by atoms with Gasteiger partial charge in [-0.05, 0) is 37.5 Å². The summed E-state index contributed by atoms with van der Waals surface area (Å²) in [5, 5.41) is 2.85. The van der Waals surface area contributed by atoms with Gasteiger partial charge in [0.25, 0.3) is 5.91 Å². The van der Waals surface area contributed by atoms with Crippen molar-refractivity contribution >= 4 is 23.1 Å². The summed E-state index contributed by atoms with van der Waals surface area (Å²) in [6, 6.07) is 5.72. The molecule has 1 aromatic carbocycles. The number of ether oxygens (including phenoxy) is 1. The van der Waals surface area contributed by atoms with E-state index in [2.05, 4.69) is 16.6 Å². The summed E-state index contributed by atoms with van der Waals surface area (Å²) in [4.78, 5) is 24.2. The third-order valence-corrected chi connectivity index (χ3v) is 4.00. The number of aromatic nitrogens is 1. The molecule has 2 rings (SSSR count). The highest BCUT2D eigenvalue weighted by Crippen LogP contribution is 2.20. The normalized spacial score (nSPS) is 10.3. The van der Waals surface area contributed by atoms with Crippen LogP contribution in [0, 0.1) is 19.7 Å². The summed E-state index contributed by atoms with van der Waals surface area (Å²) in [5.74, 6) is -1.85. The van der Waals surface area contributed by atoms with Gasteiger partial charge in [-0.15, -0.1) is 0 Å². The van der Waals surface area contributed by atoms with Crippen LogP contribution >= 0.6 is 0 Å². The molecule has 0 aliphatic rings. The molecule has 0 saturated heterocycles. The first kappa shape index (κ1) is 19.3. The van der Waals surface area contributed by atoms with Gasteiger partial charge < -0.3 is 10.1 Å². The van der Waals surface area contributed by atoms with Crippen molar-refractivity contribution in [1.82, 2.24) is 0 Å². The van der Waals surface area contributed by atoms with Gasteiger partial charge in [-0.25, -0.2) is 4.79 Å². The van der Waals surface area contributed by atoms with Gasteiger partial charge >= 0.3 is 5.97 Å². The van der Waals surface area contributed by atoms with Crippen molar-refractivity contribution in [2.75, 3.05) is 12.4 Å². The molecule has 1 N–H and O–H groups in total. The van der Waals surface area contributed by atoms with E-state index in [0.29, 0.717) is 11.1 Å². The van der Waals surface area contributed by atoms with Crippen LogP contribution in [0.5, 0.6) is 0 Å². The van der Waals surface area contributed by atoms with Gasteiger partial charge in [-0.1, -0.05) is 24.8 Å². The molecule has 5 nitrogen and oxygen atoms in total. The molecule has 0 spiro atoms. The SMILES string of the molecule is C=C(C)c1c[n+](CC(=O)Nc2c(C)cccc2C)cc(F)c1C(=O)OC. The summed E-state index contributed by atoms with van der Waals surface area (Å²) in [6.07, 6.45) is 2.62. The quantitative estimate of drug-likeness (QED) is 0.660. The Hall–Kier alpha value is -3.02. The van der Waals surface area contributed by atoms with E-state index in [1.807, 2.05) is 32.0 Å². The summed E-state index contributed by atoms with van der Waals surface area (Å²) >= 11 is 0. The Bertz CT molecular complexity index is 871. The number of hydrogen-bond donors (Lipinski definition) is 1. The van der Waals surface area contributed by atoms with Crippen LogP contribution in [-0.2, 0) is 16.1 Å². The monoisotopic (exact) mass is 357 g/mol. The molecule has 6 heteroatoms. The third kappa shape index (κ3) is 4.14. The first-order valence-electron chi connectivity index (χ1n) is 8.07. The lowest BCUT2D eigenvalue weighted by Gasteiger charge is -2.11. The summed E-state index contributed by atoms with van der Waals surface area (Å²) in [6.45, 7) is 9.12. The fraction of sp³-hybridized carbons (Fsp3) is 0.250. The number of methoxy groups -OCH3 is 1. The van der Waals surface area contributed by atoms with Crippen molar-refractivity contribution < 1.29 is 23.3 Å². The maximum absolute atomic E-state index is 14.4. The van der Waals surface area contributed by atoms with Crippen molar-refractivity contribution in [2.24, 2.45) is 0 Å². The van der Waals surface area contributed by atoms with Gasteiger partial charge in [0.1, 0.15) is 5.56 Å². The van der Waals surface area contributed by atoms with Gasteiger partial charge in [0.15, 0.2) is 6.20 Å². The molecule has 2 aromatic rings. The first-order valence-corrected chi connectivity index (χ1v) is 8.07. The number of amides is 1. The molecule has 0 atom stereocenters. The fourth-order valence-corrected chi connectivity index (χ4v) is 2.69. The number of carbonyl (C=O) groups excluding carboxylic acids is 2. The number of esters is 1. The zero-order valence-corrected chi connectivity index (χ0v) is 15.4. The molecule has 1 aromatic heterocycles. The minimum Gasteiger partial charge on any atom is -0.465 e. The Balaban J connectivity index is 2.31. The van der Waals surface area contributed by atoms with Gasteiger partial charge in [0, 0.05) is 5.69 Å². The summed E-state index contributed by atoms with van der Waals surface area (Å²) in [7, 11) is 1.18. The van der Waals surface area contributed by atoms with Crippen LogP contribution in [0.3, 0.4) is 0 Å². The molecule has 136 valence electrons. The number of benzene rings is 1. The van der Waals surface area contributed by atoms with Gasteiger partial charge in [-0.2, -0.15) is 8.96 Å². The fourth-order valence-electron chi connectivity index (χ4n) is 2.69. The number of anilines is 1. The second kappa shape index (κ2) is 7.91. The predicted octanol–water partition coefficient (Wildman–Crippen LogP) is 3.19. The smallest absolute Gasteiger partial charge is 0.341 e. The number of carbonyl (C=O) groups is 2. The molecule has 1 amide bonds. The number of rotatable bonds is 5. The molecule has 0 radical (unpaired) electrons. The number of para-hydroxylation sites is 1. The number of allylic oxidation sites excluding steroid dienone is 1. The lowest BCUT2D eigenvalue weighted by Crippen LogP contribution is -2.41. The van der Waals surface area contributed by atoms with Crippen molar-refractivity contribution in [3.8, 4) is 0 Å². The molecule has 0 aliphatic carbocycles. The van der Waals surface area contributed by atoms with Crippen molar-refractivity contribution in [3.05, 3.63) is 65.2 Å². The summed E-state index contributed by atoms with van der Waals surface area (Å²) < 4.78 is 20.4. The van der Waals surface area contributed by atoms with E-state index in [4.69, 9.17) is 0 Å². The molecule has 0 saturated carbocycles. The highest BCUT2D eigenvalue weighted by molar-refractivity contribution is 5.95. The van der Waals surface area contributed by atoms with Crippen LogP contribution in [0.2, 0.25) is 0 Å². The third-order valence-electron chi connectivity index (χ3n) is 4.00. The molecule has 0 unspecified atom stereocenters. The lowest BCUT2D eigenvalue weighted by atomic mass is 10.0. The van der Waals surface area contributed by atoms with Gasteiger partial charge in [0.2, 0.25) is 18.6 Å². The second-order valence-electron chi connectivity index (χ2n) is 6.15. The maximum atomic E-state index is 14.4. The highest BCUT2D eigenvalue weighted by atomic mass is 19.1. The van der Waals surface area contributed by atoms with Crippen molar-refractivity contribution in [1.29, 1.82) is 0 Å². The van der Waals surface area contributed by atoms with Crippen LogP contribution in [-0.4, -0.2) is 19.0 Å². The molecule has 0 bridgehead atoms. The molecule has 1 heterocycles. The average Bonchev–Trinajstić information content (AvgIpc) is 2.57. The zero-order chi connectivity index (χ0) is 19.4. The average molecular weight is 357 g/mol. The van der Waals surface area contributed by atoms with E-state index < -0.39 is 11.8 Å². The number of hydrogen-bond acceptors (Lipinski definition) is 3. The molecule has 26 heavy (non-hydrogen) atoms. The summed E-state index contributed by atoms with van der Waals surface area (Å²) in [5.41, 5.74) is 3.23. The van der Waals surface area contributed by atoms with E-state index in [0.717, 1.165) is 23.0 Å². The van der Waals surface area contributed by atoms with E-state index in [1.165, 1.54) is 17.9 Å². The van der Waals surface area contributed by atoms with Gasteiger partial charge in [-0.3, -0.25) is 4.79 Å². The lowest BCUT2D eigenvalue weighted by molar-refractivity contribution is -0.685. The van der Waals surface area contributed by atoms with Crippen molar-refractivity contribution in [3.63, 3.8) is 0 Å². The van der Waals surface area contributed by atoms with Crippen molar-refractivity contribution in [2.45, 2.75) is 27.3 Å². The Labute approximate surface area is 152 Å². The number of nitrogens with one attached hydrogen (secondary N) is 1. The zero-order valence-electron chi connectivity index (χ0n) is 15.4.